The number of carbonyl (C=O) groups excluding carboxylic acids is 2. The van der Waals surface area contributed by atoms with E-state index in [0.717, 1.165) is 96.3 Å². The van der Waals surface area contributed by atoms with Gasteiger partial charge in [-0.15, -0.1) is 0 Å². The predicted octanol–water partition coefficient (Wildman–Crippen LogP) is 15.2. The molecule has 0 N–H and O–H groups in total. The standard InChI is InChI=1S/C57H96NO8P/c1-6-8-10-12-14-16-18-20-22-24-26-27-28-29-30-31-32-34-36-38-40-42-44-46-48-50-57(60)66-55(54-65-67(61,62)64-52-51-58(3,4)5)53-63-56(59)49-47-45-43-41-39-37-35-33-25-23-21-19-17-15-13-11-9-7-2/h8,10,14,16-17,19-20,22-23,25-27,29-30,32,34,38,40,55H,6-7,9,11-13,15,18,21,24,28,31,33,35-37,39,41-54H2,1-5H3/b10-8-,16-14-,19-17-,22-20-,25-23-,27-26-,30-29-,34-32-,40-38-. The smallest absolute Gasteiger partial charge is 0.306 e. The molecule has 0 radical (unpaired) electrons. The highest BCUT2D eigenvalue weighted by Crippen LogP contribution is 2.38. The summed E-state index contributed by atoms with van der Waals surface area (Å²) in [5.74, 6) is -0.890. The SMILES string of the molecule is CC/C=C\C/C=C\C/C=C\C/C=C\C/C=C\C/C=C\C/C=C\CCCCCC(=O)OC(COC(=O)CCCCCCCCC/C=C\C/C=C\CCCCCC)COP(=O)([O-])OCC[N+](C)(C)C. The summed E-state index contributed by atoms with van der Waals surface area (Å²) in [5.41, 5.74) is 0. The van der Waals surface area contributed by atoms with E-state index in [1.165, 1.54) is 51.4 Å². The number of rotatable bonds is 46. The fourth-order valence-electron chi connectivity index (χ4n) is 6.49. The molecule has 67 heavy (non-hydrogen) atoms. The topological polar surface area (TPSA) is 111 Å². The molecule has 0 saturated carbocycles. The van der Waals surface area contributed by atoms with Gasteiger partial charge in [0.25, 0.3) is 7.82 Å². The molecule has 0 aromatic rings. The zero-order chi connectivity index (χ0) is 49.2. The van der Waals surface area contributed by atoms with Crippen molar-refractivity contribution >= 4 is 19.8 Å². The molecular weight excluding hydrogens is 858 g/mol. The third-order valence-electron chi connectivity index (χ3n) is 10.5. The molecular formula is C57H96NO8P. The molecule has 2 atom stereocenters. The van der Waals surface area contributed by atoms with E-state index in [1.807, 2.05) is 21.1 Å². The normalized spacial score (nSPS) is 14.3. The second-order valence-corrected chi connectivity index (χ2v) is 19.6. The van der Waals surface area contributed by atoms with Crippen LogP contribution in [0.3, 0.4) is 0 Å². The molecule has 382 valence electrons. The summed E-state index contributed by atoms with van der Waals surface area (Å²) in [6.07, 6.45) is 65.5. The van der Waals surface area contributed by atoms with E-state index in [-0.39, 0.29) is 26.1 Å². The maximum absolute atomic E-state index is 12.7. The van der Waals surface area contributed by atoms with E-state index in [9.17, 15) is 19.0 Å². The highest BCUT2D eigenvalue weighted by Gasteiger charge is 2.21. The Morgan fingerprint density at radius 2 is 0.851 bits per heavy atom. The van der Waals surface area contributed by atoms with Crippen LogP contribution in [0.4, 0.5) is 0 Å². The van der Waals surface area contributed by atoms with Crippen LogP contribution in [0.25, 0.3) is 0 Å². The summed E-state index contributed by atoms with van der Waals surface area (Å²) in [7, 11) is 1.12. The molecule has 10 heteroatoms. The Hall–Kier alpha value is -3.33. The third-order valence-corrected chi connectivity index (χ3v) is 11.5. The lowest BCUT2D eigenvalue weighted by atomic mass is 10.1. The monoisotopic (exact) mass is 954 g/mol. The van der Waals surface area contributed by atoms with Crippen molar-refractivity contribution in [1.82, 2.24) is 0 Å². The fourth-order valence-corrected chi connectivity index (χ4v) is 7.22. The number of likely N-dealkylation sites (N-methyl/N-ethyl adjacent to an activating group) is 1. The first-order valence-corrected chi connectivity index (χ1v) is 27.6. The largest absolute Gasteiger partial charge is 0.756 e. The Morgan fingerprint density at radius 1 is 0.478 bits per heavy atom. The van der Waals surface area contributed by atoms with Crippen LogP contribution in [0.15, 0.2) is 109 Å². The van der Waals surface area contributed by atoms with Gasteiger partial charge in [-0.2, -0.15) is 0 Å². The van der Waals surface area contributed by atoms with Crippen LogP contribution in [0, 0.1) is 0 Å². The number of hydrogen-bond donors (Lipinski definition) is 0. The minimum absolute atomic E-state index is 0.0455. The molecule has 0 aliphatic heterocycles. The first kappa shape index (κ1) is 63.7. The number of hydrogen-bond acceptors (Lipinski definition) is 8. The van der Waals surface area contributed by atoms with Crippen LogP contribution in [0.1, 0.15) is 187 Å². The van der Waals surface area contributed by atoms with Crippen LogP contribution in [-0.2, 0) is 32.7 Å². The average Bonchev–Trinajstić information content (AvgIpc) is 3.29. The Balaban J connectivity index is 4.37. The van der Waals surface area contributed by atoms with Gasteiger partial charge in [0, 0.05) is 12.8 Å². The van der Waals surface area contributed by atoms with Crippen molar-refractivity contribution < 1.29 is 42.1 Å². The molecule has 0 spiro atoms. The van der Waals surface area contributed by atoms with Gasteiger partial charge in [0.2, 0.25) is 0 Å². The Labute approximate surface area is 410 Å². The summed E-state index contributed by atoms with van der Waals surface area (Å²) < 4.78 is 34.0. The lowest BCUT2D eigenvalue weighted by molar-refractivity contribution is -0.870. The van der Waals surface area contributed by atoms with E-state index in [1.54, 1.807) is 0 Å². The lowest BCUT2D eigenvalue weighted by Crippen LogP contribution is -2.37. The van der Waals surface area contributed by atoms with Gasteiger partial charge in [-0.05, 0) is 103 Å². The second kappa shape index (κ2) is 47.7. The van der Waals surface area contributed by atoms with E-state index >= 15 is 0 Å². The third kappa shape index (κ3) is 51.9. The van der Waals surface area contributed by atoms with Gasteiger partial charge in [-0.3, -0.25) is 14.2 Å². The summed E-state index contributed by atoms with van der Waals surface area (Å²) in [4.78, 5) is 37.7. The summed E-state index contributed by atoms with van der Waals surface area (Å²) >= 11 is 0. The van der Waals surface area contributed by atoms with Gasteiger partial charge in [-0.1, -0.05) is 181 Å². The number of quaternary nitrogens is 1. The molecule has 0 bridgehead atoms. The molecule has 0 fully saturated rings. The fraction of sp³-hybridized carbons (Fsp3) is 0.649. The Bertz CT molecular complexity index is 1500. The molecule has 9 nitrogen and oxygen atoms in total. The maximum Gasteiger partial charge on any atom is 0.306 e. The van der Waals surface area contributed by atoms with E-state index in [4.69, 9.17) is 18.5 Å². The number of nitrogens with zero attached hydrogens (tertiary/aromatic N) is 1. The Morgan fingerprint density at radius 3 is 1.28 bits per heavy atom. The van der Waals surface area contributed by atoms with Crippen LogP contribution in [-0.4, -0.2) is 70.0 Å². The number of carbonyl (C=O) groups is 2. The van der Waals surface area contributed by atoms with Crippen molar-refractivity contribution in [2.24, 2.45) is 0 Å². The van der Waals surface area contributed by atoms with Crippen molar-refractivity contribution in [3.63, 3.8) is 0 Å². The van der Waals surface area contributed by atoms with Crippen LogP contribution >= 0.6 is 7.82 Å². The molecule has 2 unspecified atom stereocenters. The number of unbranched alkanes of at least 4 members (excludes halogenated alkanes) is 14. The zero-order valence-corrected chi connectivity index (χ0v) is 43.9. The van der Waals surface area contributed by atoms with E-state index in [2.05, 4.69) is 123 Å². The molecule has 0 aromatic heterocycles. The minimum Gasteiger partial charge on any atom is -0.756 e. The van der Waals surface area contributed by atoms with Gasteiger partial charge in [0.1, 0.15) is 19.8 Å². The van der Waals surface area contributed by atoms with Gasteiger partial charge >= 0.3 is 11.9 Å². The molecule has 0 rings (SSSR count). The van der Waals surface area contributed by atoms with Gasteiger partial charge in [0.05, 0.1) is 27.7 Å². The molecule has 0 aromatic carbocycles. The number of phosphoric ester groups is 1. The number of phosphoric acid groups is 1. The van der Waals surface area contributed by atoms with Crippen LogP contribution in [0.5, 0.6) is 0 Å². The molecule has 0 amide bonds. The molecule has 0 aliphatic rings. The van der Waals surface area contributed by atoms with Crippen molar-refractivity contribution in [3.8, 4) is 0 Å². The predicted molar refractivity (Wildman–Crippen MR) is 282 cm³/mol. The minimum atomic E-state index is -4.65. The molecule has 0 saturated heterocycles. The quantitative estimate of drug-likeness (QED) is 0.0195. The first-order valence-electron chi connectivity index (χ1n) is 26.1. The second-order valence-electron chi connectivity index (χ2n) is 18.1. The highest BCUT2D eigenvalue weighted by atomic mass is 31.2. The number of esters is 2. The van der Waals surface area contributed by atoms with Crippen molar-refractivity contribution in [2.45, 2.75) is 193 Å². The number of allylic oxidation sites excluding steroid dienone is 18. The Kier molecular flexibility index (Phi) is 45.4. The highest BCUT2D eigenvalue weighted by molar-refractivity contribution is 7.45. The van der Waals surface area contributed by atoms with Crippen molar-refractivity contribution in [2.75, 3.05) is 47.5 Å². The van der Waals surface area contributed by atoms with Gasteiger partial charge in [-0.25, -0.2) is 0 Å². The van der Waals surface area contributed by atoms with Gasteiger partial charge in [0.15, 0.2) is 6.10 Å². The van der Waals surface area contributed by atoms with Crippen LogP contribution in [0.2, 0.25) is 0 Å². The van der Waals surface area contributed by atoms with Gasteiger partial charge < -0.3 is 27.9 Å². The summed E-state index contributed by atoms with van der Waals surface area (Å²) in [6, 6.07) is 0. The molecule has 0 heterocycles. The lowest BCUT2D eigenvalue weighted by Gasteiger charge is -2.28. The summed E-state index contributed by atoms with van der Waals surface area (Å²) in [5, 5.41) is 0. The zero-order valence-electron chi connectivity index (χ0n) is 43.1. The summed E-state index contributed by atoms with van der Waals surface area (Å²) in [6.45, 7) is 4.04. The van der Waals surface area contributed by atoms with Crippen molar-refractivity contribution in [1.29, 1.82) is 0 Å². The number of ether oxygens (including phenoxy) is 2. The van der Waals surface area contributed by atoms with E-state index < -0.39 is 32.5 Å². The van der Waals surface area contributed by atoms with Crippen LogP contribution < -0.4 is 4.89 Å². The first-order chi connectivity index (χ1) is 32.5. The van der Waals surface area contributed by atoms with E-state index in [0.29, 0.717) is 23.9 Å². The maximum atomic E-state index is 12.7. The average molecular weight is 954 g/mol. The molecule has 0 aliphatic carbocycles. The van der Waals surface area contributed by atoms with Crippen molar-refractivity contribution in [3.05, 3.63) is 109 Å².